The molecular formula is C16H11F2NO. The Balaban J connectivity index is 2.43. The number of aromatic amines is 1. The van der Waals surface area contributed by atoms with Crippen molar-refractivity contribution in [2.24, 2.45) is 0 Å². The molecule has 0 radical (unpaired) electrons. The minimum atomic E-state index is -0.697. The number of aryl methyl sites for hydroxylation is 1. The lowest BCUT2D eigenvalue weighted by atomic mass is 10.0. The maximum absolute atomic E-state index is 13.9. The number of fused-ring (bicyclic) bond motifs is 1. The SMILES string of the molecule is Cc1cccc2c(C=O)c(-c3c(F)cccc3F)[nH]c12. The number of halogens is 2. The van der Waals surface area contributed by atoms with Crippen LogP contribution in [0.2, 0.25) is 0 Å². The molecule has 3 rings (SSSR count). The van der Waals surface area contributed by atoms with Crippen LogP contribution >= 0.6 is 0 Å². The van der Waals surface area contributed by atoms with Crippen LogP contribution < -0.4 is 0 Å². The Morgan fingerprint density at radius 2 is 1.70 bits per heavy atom. The second-order valence-corrected chi connectivity index (χ2v) is 4.63. The van der Waals surface area contributed by atoms with Crippen molar-refractivity contribution in [2.75, 3.05) is 0 Å². The Hall–Kier alpha value is -2.49. The Bertz CT molecular complexity index is 800. The first-order chi connectivity index (χ1) is 9.63. The monoisotopic (exact) mass is 271 g/mol. The third kappa shape index (κ3) is 1.72. The van der Waals surface area contributed by atoms with Gasteiger partial charge in [0.1, 0.15) is 11.6 Å². The van der Waals surface area contributed by atoms with Gasteiger partial charge in [-0.15, -0.1) is 0 Å². The van der Waals surface area contributed by atoms with E-state index in [4.69, 9.17) is 0 Å². The molecule has 0 amide bonds. The van der Waals surface area contributed by atoms with Gasteiger partial charge in [-0.1, -0.05) is 24.3 Å². The van der Waals surface area contributed by atoms with Gasteiger partial charge in [0.05, 0.1) is 11.3 Å². The van der Waals surface area contributed by atoms with Crippen LogP contribution in [-0.4, -0.2) is 11.3 Å². The van der Waals surface area contributed by atoms with E-state index in [9.17, 15) is 13.6 Å². The zero-order valence-corrected chi connectivity index (χ0v) is 10.7. The number of rotatable bonds is 2. The molecule has 0 aliphatic rings. The first kappa shape index (κ1) is 12.5. The molecule has 0 spiro atoms. The summed E-state index contributed by atoms with van der Waals surface area (Å²) in [5.41, 5.74) is 1.87. The highest BCUT2D eigenvalue weighted by molar-refractivity contribution is 6.05. The maximum Gasteiger partial charge on any atom is 0.152 e. The quantitative estimate of drug-likeness (QED) is 0.695. The second kappa shape index (κ2) is 4.56. The van der Waals surface area contributed by atoms with E-state index in [-0.39, 0.29) is 16.8 Å². The van der Waals surface area contributed by atoms with Crippen LogP contribution in [0.3, 0.4) is 0 Å². The predicted octanol–water partition coefficient (Wildman–Crippen LogP) is 4.23. The third-order valence-corrected chi connectivity index (χ3v) is 3.41. The highest BCUT2D eigenvalue weighted by atomic mass is 19.1. The topological polar surface area (TPSA) is 32.9 Å². The molecule has 0 bridgehead atoms. The van der Waals surface area contributed by atoms with E-state index in [0.29, 0.717) is 17.2 Å². The van der Waals surface area contributed by atoms with Crippen molar-refractivity contribution >= 4 is 17.2 Å². The van der Waals surface area contributed by atoms with Crippen molar-refractivity contribution in [1.82, 2.24) is 4.98 Å². The van der Waals surface area contributed by atoms with Crippen molar-refractivity contribution in [3.8, 4) is 11.3 Å². The molecular weight excluding hydrogens is 260 g/mol. The fraction of sp³-hybridized carbons (Fsp3) is 0.0625. The number of para-hydroxylation sites is 1. The number of aromatic nitrogens is 1. The number of nitrogens with one attached hydrogen (secondary N) is 1. The Morgan fingerprint density at radius 3 is 2.35 bits per heavy atom. The first-order valence-electron chi connectivity index (χ1n) is 6.14. The minimum Gasteiger partial charge on any atom is -0.354 e. The van der Waals surface area contributed by atoms with E-state index in [1.165, 1.54) is 18.2 Å². The van der Waals surface area contributed by atoms with Crippen molar-refractivity contribution in [2.45, 2.75) is 6.92 Å². The molecule has 0 atom stereocenters. The smallest absolute Gasteiger partial charge is 0.152 e. The van der Waals surface area contributed by atoms with Gasteiger partial charge in [-0.2, -0.15) is 0 Å². The lowest BCUT2D eigenvalue weighted by molar-refractivity contribution is 0.112. The van der Waals surface area contributed by atoms with Crippen LogP contribution in [0.15, 0.2) is 36.4 Å². The molecule has 1 N–H and O–H groups in total. The lowest BCUT2D eigenvalue weighted by Crippen LogP contribution is -1.93. The van der Waals surface area contributed by atoms with E-state index in [2.05, 4.69) is 4.98 Å². The van der Waals surface area contributed by atoms with Gasteiger partial charge in [-0.25, -0.2) is 8.78 Å². The fourth-order valence-corrected chi connectivity index (χ4v) is 2.44. The van der Waals surface area contributed by atoms with Crippen LogP contribution in [0.4, 0.5) is 8.78 Å². The minimum absolute atomic E-state index is 0.180. The third-order valence-electron chi connectivity index (χ3n) is 3.41. The predicted molar refractivity (Wildman–Crippen MR) is 73.8 cm³/mol. The molecule has 0 saturated carbocycles. The van der Waals surface area contributed by atoms with Gasteiger partial charge in [0.25, 0.3) is 0 Å². The molecule has 2 aromatic carbocycles. The first-order valence-corrected chi connectivity index (χ1v) is 6.14. The number of aldehydes is 1. The molecule has 4 heteroatoms. The normalized spacial score (nSPS) is 10.9. The highest BCUT2D eigenvalue weighted by Crippen LogP contribution is 2.33. The van der Waals surface area contributed by atoms with Crippen LogP contribution in [-0.2, 0) is 0 Å². The molecule has 20 heavy (non-hydrogen) atoms. The van der Waals surface area contributed by atoms with Crippen LogP contribution in [0.25, 0.3) is 22.2 Å². The summed E-state index contributed by atoms with van der Waals surface area (Å²) in [6, 6.07) is 9.07. The van der Waals surface area contributed by atoms with E-state index in [0.717, 1.165) is 5.56 Å². The molecule has 2 nitrogen and oxygen atoms in total. The number of hydrogen-bond acceptors (Lipinski definition) is 1. The van der Waals surface area contributed by atoms with Crippen LogP contribution in [0.1, 0.15) is 15.9 Å². The zero-order chi connectivity index (χ0) is 14.3. The molecule has 0 aliphatic carbocycles. The van der Waals surface area contributed by atoms with Gasteiger partial charge < -0.3 is 4.98 Å². The van der Waals surface area contributed by atoms with Crippen molar-refractivity contribution in [1.29, 1.82) is 0 Å². The van der Waals surface area contributed by atoms with E-state index >= 15 is 0 Å². The molecule has 1 aromatic heterocycles. The number of hydrogen-bond donors (Lipinski definition) is 1. The van der Waals surface area contributed by atoms with Gasteiger partial charge >= 0.3 is 0 Å². The number of carbonyl (C=O) groups excluding carboxylic acids is 1. The summed E-state index contributed by atoms with van der Waals surface area (Å²) in [5.74, 6) is -1.39. The highest BCUT2D eigenvalue weighted by Gasteiger charge is 2.19. The standard InChI is InChI=1S/C16H11F2NO/c1-9-4-2-5-10-11(8-20)16(19-15(9)10)14-12(17)6-3-7-13(14)18/h2-8,19H,1H3. The maximum atomic E-state index is 13.9. The van der Waals surface area contributed by atoms with Crippen LogP contribution in [0.5, 0.6) is 0 Å². The Morgan fingerprint density at radius 1 is 1.05 bits per heavy atom. The summed E-state index contributed by atoms with van der Waals surface area (Å²) >= 11 is 0. The molecule has 1 heterocycles. The average Bonchev–Trinajstić information content (AvgIpc) is 2.78. The number of H-pyrrole nitrogens is 1. The van der Waals surface area contributed by atoms with Crippen LogP contribution in [0, 0.1) is 18.6 Å². The number of carbonyl (C=O) groups is 1. The van der Waals surface area contributed by atoms with Gasteiger partial charge in [0, 0.05) is 16.5 Å². The fourth-order valence-electron chi connectivity index (χ4n) is 2.44. The summed E-state index contributed by atoms with van der Waals surface area (Å²) in [7, 11) is 0. The Kier molecular flexibility index (Phi) is 2.86. The van der Waals surface area contributed by atoms with E-state index in [1.54, 1.807) is 12.1 Å². The second-order valence-electron chi connectivity index (χ2n) is 4.63. The summed E-state index contributed by atoms with van der Waals surface area (Å²) in [4.78, 5) is 14.3. The summed E-state index contributed by atoms with van der Waals surface area (Å²) in [6.07, 6.45) is 0.624. The van der Waals surface area contributed by atoms with E-state index < -0.39 is 11.6 Å². The van der Waals surface area contributed by atoms with Crippen molar-refractivity contribution in [3.63, 3.8) is 0 Å². The summed E-state index contributed by atoms with van der Waals surface area (Å²) < 4.78 is 27.8. The van der Waals surface area contributed by atoms with Gasteiger partial charge in [0.2, 0.25) is 0 Å². The van der Waals surface area contributed by atoms with Gasteiger partial charge in [-0.05, 0) is 24.6 Å². The van der Waals surface area contributed by atoms with Gasteiger partial charge in [0.15, 0.2) is 6.29 Å². The van der Waals surface area contributed by atoms with E-state index in [1.807, 2.05) is 13.0 Å². The zero-order valence-electron chi connectivity index (χ0n) is 10.7. The molecule has 3 aromatic rings. The average molecular weight is 271 g/mol. The molecule has 0 aliphatic heterocycles. The largest absolute Gasteiger partial charge is 0.354 e. The molecule has 100 valence electrons. The van der Waals surface area contributed by atoms with Gasteiger partial charge in [-0.3, -0.25) is 4.79 Å². The van der Waals surface area contributed by atoms with Crippen molar-refractivity contribution < 1.29 is 13.6 Å². The molecule has 0 fully saturated rings. The lowest BCUT2D eigenvalue weighted by Gasteiger charge is -2.03. The van der Waals surface area contributed by atoms with Crippen molar-refractivity contribution in [3.05, 3.63) is 59.2 Å². The number of benzene rings is 2. The summed E-state index contributed by atoms with van der Waals surface area (Å²) in [6.45, 7) is 1.87. The Labute approximate surface area is 114 Å². The molecule has 0 unspecified atom stereocenters. The molecule has 0 saturated heterocycles. The summed E-state index contributed by atoms with van der Waals surface area (Å²) in [5, 5.41) is 0.664.